The zero-order valence-electron chi connectivity index (χ0n) is 18.2. The van der Waals surface area contributed by atoms with Crippen molar-refractivity contribution < 1.29 is 18.0 Å². The lowest BCUT2D eigenvalue weighted by Crippen LogP contribution is -2.19. The standard InChI is InChI=1S/C24H22F3N5O/c1-23(2,3)20-12-18(19-13-28-32-21(19)31-20)14-7-9-16(10-8-14)29-22(33)30-17-6-4-5-15(11-17)24(25,26)27/h4-13H,1-3H3,(H,28,31,32)(H2,29,30,33). The Balaban J connectivity index is 1.53. The summed E-state index contributed by atoms with van der Waals surface area (Å²) in [6.07, 6.45) is -2.76. The lowest BCUT2D eigenvalue weighted by atomic mass is 9.89. The summed E-state index contributed by atoms with van der Waals surface area (Å²) in [5, 5.41) is 13.0. The highest BCUT2D eigenvalue weighted by molar-refractivity contribution is 6.00. The first-order valence-electron chi connectivity index (χ1n) is 10.2. The number of alkyl halides is 3. The number of carbonyl (C=O) groups excluding carboxylic acids is 1. The summed E-state index contributed by atoms with van der Waals surface area (Å²) < 4.78 is 38.6. The van der Waals surface area contributed by atoms with Gasteiger partial charge in [0.2, 0.25) is 0 Å². The number of nitrogens with one attached hydrogen (secondary N) is 3. The van der Waals surface area contributed by atoms with Crippen molar-refractivity contribution in [2.45, 2.75) is 32.4 Å². The molecule has 2 aromatic carbocycles. The van der Waals surface area contributed by atoms with Gasteiger partial charge in [-0.1, -0.05) is 39.0 Å². The van der Waals surface area contributed by atoms with E-state index in [-0.39, 0.29) is 11.1 Å². The van der Waals surface area contributed by atoms with E-state index in [1.165, 1.54) is 12.1 Å². The van der Waals surface area contributed by atoms with Crippen molar-refractivity contribution >= 4 is 28.4 Å². The smallest absolute Gasteiger partial charge is 0.308 e. The normalized spacial score (nSPS) is 12.1. The molecule has 4 aromatic rings. The van der Waals surface area contributed by atoms with E-state index in [0.717, 1.165) is 34.3 Å². The Hall–Kier alpha value is -3.88. The number of aromatic nitrogens is 3. The fourth-order valence-corrected chi connectivity index (χ4v) is 3.35. The first-order valence-corrected chi connectivity index (χ1v) is 10.2. The average Bonchev–Trinajstić information content (AvgIpc) is 3.21. The van der Waals surface area contributed by atoms with Crippen LogP contribution in [-0.4, -0.2) is 21.2 Å². The summed E-state index contributed by atoms with van der Waals surface area (Å²) in [5.74, 6) is 0. The number of H-pyrrole nitrogens is 1. The molecule has 2 amide bonds. The second-order valence-corrected chi connectivity index (χ2v) is 8.67. The molecule has 0 spiro atoms. The molecule has 33 heavy (non-hydrogen) atoms. The minimum absolute atomic E-state index is 0.0489. The predicted octanol–water partition coefficient (Wildman–Crippen LogP) is 6.59. The first kappa shape index (κ1) is 22.3. The van der Waals surface area contributed by atoms with Gasteiger partial charge < -0.3 is 10.6 Å². The number of anilines is 2. The number of nitrogens with zero attached hydrogens (tertiary/aromatic N) is 2. The van der Waals surface area contributed by atoms with Gasteiger partial charge in [-0.3, -0.25) is 5.10 Å². The van der Waals surface area contributed by atoms with E-state index >= 15 is 0 Å². The second kappa shape index (κ2) is 8.23. The Labute approximate surface area is 188 Å². The lowest BCUT2D eigenvalue weighted by Gasteiger charge is -2.19. The number of halogens is 3. The highest BCUT2D eigenvalue weighted by Crippen LogP contribution is 2.33. The van der Waals surface area contributed by atoms with E-state index in [9.17, 15) is 18.0 Å². The van der Waals surface area contributed by atoms with Crippen LogP contribution in [0.1, 0.15) is 32.0 Å². The molecule has 2 heterocycles. The Morgan fingerprint density at radius 2 is 1.64 bits per heavy atom. The van der Waals surface area contributed by atoms with E-state index < -0.39 is 17.8 Å². The summed E-state index contributed by atoms with van der Waals surface area (Å²) in [4.78, 5) is 16.9. The van der Waals surface area contributed by atoms with E-state index in [2.05, 4.69) is 46.6 Å². The molecule has 0 aliphatic heterocycles. The third kappa shape index (κ3) is 4.97. The molecule has 0 aliphatic carbocycles. The first-order chi connectivity index (χ1) is 15.5. The van der Waals surface area contributed by atoms with Gasteiger partial charge in [0.05, 0.1) is 11.8 Å². The van der Waals surface area contributed by atoms with Crippen molar-refractivity contribution in [2.75, 3.05) is 10.6 Å². The number of urea groups is 1. The highest BCUT2D eigenvalue weighted by atomic mass is 19.4. The molecule has 3 N–H and O–H groups in total. The van der Waals surface area contributed by atoms with E-state index in [1.54, 1.807) is 18.3 Å². The van der Waals surface area contributed by atoms with Gasteiger partial charge in [0.1, 0.15) is 0 Å². The molecular formula is C24H22F3N5O. The maximum atomic E-state index is 12.9. The van der Waals surface area contributed by atoms with Crippen LogP contribution in [-0.2, 0) is 11.6 Å². The average molecular weight is 453 g/mol. The van der Waals surface area contributed by atoms with Crippen LogP contribution in [0.5, 0.6) is 0 Å². The van der Waals surface area contributed by atoms with Gasteiger partial charge in [0, 0.05) is 27.9 Å². The number of pyridine rings is 1. The van der Waals surface area contributed by atoms with Gasteiger partial charge in [-0.15, -0.1) is 0 Å². The quantitative estimate of drug-likeness (QED) is 0.327. The molecular weight excluding hydrogens is 431 g/mol. The Morgan fingerprint density at radius 3 is 2.30 bits per heavy atom. The van der Waals surface area contributed by atoms with E-state index in [4.69, 9.17) is 0 Å². The molecule has 0 aliphatic rings. The number of amides is 2. The minimum atomic E-state index is -4.48. The maximum absolute atomic E-state index is 12.9. The molecule has 0 atom stereocenters. The zero-order chi connectivity index (χ0) is 23.8. The van der Waals surface area contributed by atoms with E-state index in [1.807, 2.05) is 18.2 Å². The fraction of sp³-hybridized carbons (Fsp3) is 0.208. The fourth-order valence-electron chi connectivity index (χ4n) is 3.35. The third-order valence-electron chi connectivity index (χ3n) is 5.09. The van der Waals surface area contributed by atoms with Crippen LogP contribution in [0, 0.1) is 0 Å². The molecule has 170 valence electrons. The van der Waals surface area contributed by atoms with Crippen LogP contribution in [0.4, 0.5) is 29.3 Å². The Bertz CT molecular complexity index is 1300. The number of fused-ring (bicyclic) bond motifs is 1. The molecule has 0 radical (unpaired) electrons. The second-order valence-electron chi connectivity index (χ2n) is 8.67. The minimum Gasteiger partial charge on any atom is -0.308 e. The summed E-state index contributed by atoms with van der Waals surface area (Å²) in [7, 11) is 0. The largest absolute Gasteiger partial charge is 0.416 e. The molecule has 0 bridgehead atoms. The third-order valence-corrected chi connectivity index (χ3v) is 5.09. The molecule has 2 aromatic heterocycles. The monoisotopic (exact) mass is 453 g/mol. The molecule has 9 heteroatoms. The van der Waals surface area contributed by atoms with Crippen LogP contribution in [0.2, 0.25) is 0 Å². The van der Waals surface area contributed by atoms with Crippen LogP contribution in [0.3, 0.4) is 0 Å². The number of hydrogen-bond donors (Lipinski definition) is 3. The van der Waals surface area contributed by atoms with Crippen molar-refractivity contribution in [3.05, 3.63) is 72.1 Å². The summed E-state index contributed by atoms with van der Waals surface area (Å²) in [6.45, 7) is 6.24. The summed E-state index contributed by atoms with van der Waals surface area (Å²) in [5.41, 5.74) is 3.04. The maximum Gasteiger partial charge on any atom is 0.416 e. The number of carbonyl (C=O) groups is 1. The molecule has 4 rings (SSSR count). The number of hydrogen-bond acceptors (Lipinski definition) is 3. The number of rotatable bonds is 3. The van der Waals surface area contributed by atoms with Gasteiger partial charge in [0.15, 0.2) is 5.65 Å². The number of benzene rings is 2. The molecule has 0 saturated carbocycles. The van der Waals surface area contributed by atoms with Gasteiger partial charge >= 0.3 is 12.2 Å². The van der Waals surface area contributed by atoms with Crippen molar-refractivity contribution in [2.24, 2.45) is 0 Å². The zero-order valence-corrected chi connectivity index (χ0v) is 18.2. The lowest BCUT2D eigenvalue weighted by molar-refractivity contribution is -0.137. The Morgan fingerprint density at radius 1 is 0.939 bits per heavy atom. The van der Waals surface area contributed by atoms with Crippen LogP contribution in [0.15, 0.2) is 60.8 Å². The number of aromatic amines is 1. The van der Waals surface area contributed by atoms with Crippen molar-refractivity contribution in [3.8, 4) is 11.1 Å². The molecule has 0 fully saturated rings. The topological polar surface area (TPSA) is 82.7 Å². The molecule has 0 saturated heterocycles. The van der Waals surface area contributed by atoms with Gasteiger partial charge in [-0.2, -0.15) is 18.3 Å². The van der Waals surface area contributed by atoms with Crippen LogP contribution >= 0.6 is 0 Å². The van der Waals surface area contributed by atoms with Crippen molar-refractivity contribution in [3.63, 3.8) is 0 Å². The summed E-state index contributed by atoms with van der Waals surface area (Å²) >= 11 is 0. The van der Waals surface area contributed by atoms with Crippen molar-refractivity contribution in [1.82, 2.24) is 15.2 Å². The van der Waals surface area contributed by atoms with Gasteiger partial charge in [-0.25, -0.2) is 9.78 Å². The highest BCUT2D eigenvalue weighted by Gasteiger charge is 2.30. The summed E-state index contributed by atoms with van der Waals surface area (Å²) in [6, 6.07) is 13.0. The predicted molar refractivity (Wildman–Crippen MR) is 122 cm³/mol. The Kier molecular flexibility index (Phi) is 5.57. The van der Waals surface area contributed by atoms with Gasteiger partial charge in [-0.05, 0) is 47.5 Å². The van der Waals surface area contributed by atoms with Crippen LogP contribution in [0.25, 0.3) is 22.2 Å². The van der Waals surface area contributed by atoms with Crippen LogP contribution < -0.4 is 10.6 Å². The van der Waals surface area contributed by atoms with E-state index in [0.29, 0.717) is 11.3 Å². The molecule has 6 nitrogen and oxygen atoms in total. The molecule has 0 unspecified atom stereocenters. The SMILES string of the molecule is CC(C)(C)c1cc(-c2ccc(NC(=O)Nc3cccc(C(F)(F)F)c3)cc2)c2cn[nH]c2n1. The van der Waals surface area contributed by atoms with Crippen molar-refractivity contribution in [1.29, 1.82) is 0 Å². The van der Waals surface area contributed by atoms with Gasteiger partial charge in [0.25, 0.3) is 0 Å².